The number of carbonyl (C=O) groups excluding carboxylic acids is 1. The zero-order chi connectivity index (χ0) is 27.0. The number of aromatic nitrogens is 5. The molecule has 0 fully saturated rings. The Kier molecular flexibility index (Phi) is 6.35. The number of nitrogens with zero attached hydrogens (tertiary/aromatic N) is 5. The van der Waals surface area contributed by atoms with Crippen molar-refractivity contribution in [2.24, 2.45) is 0 Å². The molecule has 11 heteroatoms. The summed E-state index contributed by atoms with van der Waals surface area (Å²) in [5.74, 6) is -0.0603. The number of fused-ring (bicyclic) bond motifs is 1. The number of halogens is 3. The molecule has 3 aromatic heterocycles. The molecule has 0 bridgehead atoms. The molecule has 0 aliphatic carbocycles. The van der Waals surface area contributed by atoms with Crippen LogP contribution >= 0.6 is 0 Å². The fraction of sp³-hybridized carbons (Fsp3) is 0.185. The number of hydrogen-bond donors (Lipinski definition) is 1. The van der Waals surface area contributed by atoms with Crippen LogP contribution in [0.1, 0.15) is 33.1 Å². The molecule has 5 aromatic rings. The van der Waals surface area contributed by atoms with E-state index < -0.39 is 17.8 Å². The van der Waals surface area contributed by atoms with Crippen molar-refractivity contribution < 1.29 is 22.7 Å². The SMILES string of the molecule is COc1ccc(-c2cc(C(F)(F)F)n3nc(C(=O)NCc4c(C)nn(-c5ccccc5)c4C)cc3n2)cc1. The maximum atomic E-state index is 13.9. The second kappa shape index (κ2) is 9.66. The highest BCUT2D eigenvalue weighted by atomic mass is 19.4. The minimum Gasteiger partial charge on any atom is -0.497 e. The van der Waals surface area contributed by atoms with Gasteiger partial charge in [0, 0.05) is 29.4 Å². The maximum absolute atomic E-state index is 13.9. The van der Waals surface area contributed by atoms with E-state index in [-0.39, 0.29) is 23.6 Å². The first-order chi connectivity index (χ1) is 18.2. The quantitative estimate of drug-likeness (QED) is 0.335. The molecule has 8 nitrogen and oxygen atoms in total. The van der Waals surface area contributed by atoms with Crippen molar-refractivity contribution in [2.45, 2.75) is 26.6 Å². The van der Waals surface area contributed by atoms with Gasteiger partial charge in [0.05, 0.1) is 24.2 Å². The zero-order valence-electron chi connectivity index (χ0n) is 20.7. The summed E-state index contributed by atoms with van der Waals surface area (Å²) < 4.78 is 49.3. The van der Waals surface area contributed by atoms with E-state index in [0.717, 1.165) is 28.7 Å². The lowest BCUT2D eigenvalue weighted by molar-refractivity contribution is -0.142. The van der Waals surface area contributed by atoms with Crippen LogP contribution in [0, 0.1) is 13.8 Å². The van der Waals surface area contributed by atoms with Gasteiger partial charge in [-0.1, -0.05) is 18.2 Å². The Hall–Kier alpha value is -4.67. The number of alkyl halides is 3. The molecule has 0 aliphatic heterocycles. The van der Waals surface area contributed by atoms with E-state index in [1.807, 2.05) is 44.2 Å². The second-order valence-electron chi connectivity index (χ2n) is 8.63. The standard InChI is InChI=1S/C27H23F3N6O2/c1-16-21(17(2)35(33-16)19-7-5-4-6-8-19)15-31-26(37)23-14-25-32-22(18-9-11-20(38-3)12-10-18)13-24(27(28,29)30)36(25)34-23/h4-14H,15H2,1-3H3,(H,31,37). The molecular weight excluding hydrogens is 497 g/mol. The molecule has 38 heavy (non-hydrogen) atoms. The molecule has 1 amide bonds. The summed E-state index contributed by atoms with van der Waals surface area (Å²) in [4.78, 5) is 17.3. The fourth-order valence-corrected chi connectivity index (χ4v) is 4.21. The average molecular weight is 521 g/mol. The van der Waals surface area contributed by atoms with Gasteiger partial charge < -0.3 is 10.1 Å². The number of benzene rings is 2. The minimum atomic E-state index is -4.72. The number of aryl methyl sites for hydroxylation is 1. The van der Waals surface area contributed by atoms with E-state index in [4.69, 9.17) is 4.74 Å². The molecule has 2 aromatic carbocycles. The minimum absolute atomic E-state index is 0.0962. The number of carbonyl (C=O) groups is 1. The van der Waals surface area contributed by atoms with E-state index in [2.05, 4.69) is 20.5 Å². The van der Waals surface area contributed by atoms with Crippen molar-refractivity contribution >= 4 is 11.6 Å². The summed E-state index contributed by atoms with van der Waals surface area (Å²) >= 11 is 0. The van der Waals surface area contributed by atoms with Gasteiger partial charge in [-0.2, -0.15) is 23.4 Å². The third-order valence-corrected chi connectivity index (χ3v) is 6.20. The molecule has 1 N–H and O–H groups in total. The lowest BCUT2D eigenvalue weighted by Crippen LogP contribution is -2.24. The first-order valence-corrected chi connectivity index (χ1v) is 11.7. The molecule has 0 saturated heterocycles. The Morgan fingerprint density at radius 1 is 1.00 bits per heavy atom. The number of methoxy groups -OCH3 is 1. The topological polar surface area (TPSA) is 86.3 Å². The number of amides is 1. The van der Waals surface area contributed by atoms with Gasteiger partial charge in [-0.15, -0.1) is 0 Å². The van der Waals surface area contributed by atoms with Crippen molar-refractivity contribution in [3.63, 3.8) is 0 Å². The number of para-hydroxylation sites is 1. The highest BCUT2D eigenvalue weighted by molar-refractivity contribution is 5.93. The van der Waals surface area contributed by atoms with Crippen LogP contribution in [-0.2, 0) is 12.7 Å². The van der Waals surface area contributed by atoms with Crippen LogP contribution in [0.5, 0.6) is 5.75 Å². The Morgan fingerprint density at radius 2 is 1.71 bits per heavy atom. The number of nitrogens with one attached hydrogen (secondary N) is 1. The van der Waals surface area contributed by atoms with Gasteiger partial charge in [-0.05, 0) is 56.3 Å². The smallest absolute Gasteiger partial charge is 0.433 e. The third-order valence-electron chi connectivity index (χ3n) is 6.20. The van der Waals surface area contributed by atoms with Gasteiger partial charge in [-0.25, -0.2) is 14.2 Å². The van der Waals surface area contributed by atoms with E-state index in [9.17, 15) is 18.0 Å². The van der Waals surface area contributed by atoms with Crippen LogP contribution < -0.4 is 10.1 Å². The summed E-state index contributed by atoms with van der Waals surface area (Å²) in [6.45, 7) is 3.85. The van der Waals surface area contributed by atoms with E-state index in [1.54, 1.807) is 28.9 Å². The first-order valence-electron chi connectivity index (χ1n) is 11.7. The van der Waals surface area contributed by atoms with Crippen molar-refractivity contribution in [2.75, 3.05) is 7.11 Å². The molecule has 0 aliphatic rings. The predicted molar refractivity (Wildman–Crippen MR) is 134 cm³/mol. The zero-order valence-corrected chi connectivity index (χ0v) is 20.7. The Bertz CT molecular complexity index is 1620. The van der Waals surface area contributed by atoms with Crippen molar-refractivity contribution in [3.8, 4) is 22.7 Å². The molecule has 0 spiro atoms. The van der Waals surface area contributed by atoms with Crippen molar-refractivity contribution in [3.05, 3.63) is 95.1 Å². The molecule has 0 atom stereocenters. The predicted octanol–water partition coefficient (Wildman–Crippen LogP) is 5.16. The maximum Gasteiger partial charge on any atom is 0.433 e. The van der Waals surface area contributed by atoms with Crippen molar-refractivity contribution in [1.82, 2.24) is 29.7 Å². The number of hydrogen-bond acceptors (Lipinski definition) is 5. The second-order valence-corrected chi connectivity index (χ2v) is 8.63. The lowest BCUT2D eigenvalue weighted by atomic mass is 10.1. The highest BCUT2D eigenvalue weighted by Gasteiger charge is 2.35. The monoisotopic (exact) mass is 520 g/mol. The van der Waals surface area contributed by atoms with Crippen molar-refractivity contribution in [1.29, 1.82) is 0 Å². The summed E-state index contributed by atoms with van der Waals surface area (Å²) in [5, 5.41) is 11.2. The van der Waals surface area contributed by atoms with Gasteiger partial charge in [-0.3, -0.25) is 4.79 Å². The normalized spacial score (nSPS) is 11.6. The first kappa shape index (κ1) is 25.0. The molecular formula is C27H23F3N6O2. The summed E-state index contributed by atoms with van der Waals surface area (Å²) in [7, 11) is 1.50. The Morgan fingerprint density at radius 3 is 2.37 bits per heavy atom. The summed E-state index contributed by atoms with van der Waals surface area (Å²) in [6.07, 6.45) is -4.72. The van der Waals surface area contributed by atoms with Crippen LogP contribution in [0.2, 0.25) is 0 Å². The Labute approximate surface area is 215 Å². The molecule has 194 valence electrons. The molecule has 0 unspecified atom stereocenters. The highest BCUT2D eigenvalue weighted by Crippen LogP contribution is 2.32. The van der Waals surface area contributed by atoms with Gasteiger partial charge in [0.2, 0.25) is 0 Å². The van der Waals surface area contributed by atoms with Crippen LogP contribution in [0.15, 0.2) is 66.7 Å². The average Bonchev–Trinajstić information content (AvgIpc) is 3.47. The Balaban J connectivity index is 1.44. The molecule has 3 heterocycles. The van der Waals surface area contributed by atoms with E-state index in [0.29, 0.717) is 15.8 Å². The van der Waals surface area contributed by atoms with E-state index >= 15 is 0 Å². The van der Waals surface area contributed by atoms with Gasteiger partial charge in [0.1, 0.15) is 5.75 Å². The number of ether oxygens (including phenoxy) is 1. The fourth-order valence-electron chi connectivity index (χ4n) is 4.21. The third kappa shape index (κ3) is 4.70. The summed E-state index contributed by atoms with van der Waals surface area (Å²) in [5.41, 5.74) is 2.50. The van der Waals surface area contributed by atoms with Crippen LogP contribution in [0.4, 0.5) is 13.2 Å². The molecule has 0 radical (unpaired) electrons. The van der Waals surface area contributed by atoms with Gasteiger partial charge in [0.15, 0.2) is 17.0 Å². The molecule has 0 saturated carbocycles. The lowest BCUT2D eigenvalue weighted by Gasteiger charge is -2.11. The van der Waals surface area contributed by atoms with Gasteiger partial charge in [0.25, 0.3) is 5.91 Å². The van der Waals surface area contributed by atoms with E-state index in [1.165, 1.54) is 13.2 Å². The van der Waals surface area contributed by atoms with Crippen LogP contribution in [0.25, 0.3) is 22.6 Å². The number of rotatable bonds is 6. The van der Waals surface area contributed by atoms with Crippen LogP contribution in [0.3, 0.4) is 0 Å². The largest absolute Gasteiger partial charge is 0.497 e. The molecule has 5 rings (SSSR count). The van der Waals surface area contributed by atoms with Crippen LogP contribution in [-0.4, -0.2) is 37.4 Å². The van der Waals surface area contributed by atoms with Gasteiger partial charge >= 0.3 is 6.18 Å². The summed E-state index contributed by atoms with van der Waals surface area (Å²) in [6, 6.07) is 18.2.